The predicted molar refractivity (Wildman–Crippen MR) is 152 cm³/mol. The van der Waals surface area contributed by atoms with Crippen molar-refractivity contribution in [2.24, 2.45) is 0 Å². The summed E-state index contributed by atoms with van der Waals surface area (Å²) in [5.41, 5.74) is 1.62. The van der Waals surface area contributed by atoms with Gasteiger partial charge in [0.2, 0.25) is 0 Å². The van der Waals surface area contributed by atoms with Crippen LogP contribution in [0.2, 0.25) is 5.02 Å². The van der Waals surface area contributed by atoms with Crippen molar-refractivity contribution < 1.29 is 26.4 Å². The van der Waals surface area contributed by atoms with E-state index < -0.39 is 26.0 Å². The van der Waals surface area contributed by atoms with Gasteiger partial charge in [-0.15, -0.1) is 0 Å². The molecule has 0 heterocycles. The zero-order valence-electron chi connectivity index (χ0n) is 20.8. The Balaban J connectivity index is 1.49. The molecule has 12 heteroatoms. The number of ether oxygens (including phenoxy) is 1. The highest BCUT2D eigenvalue weighted by atomic mass is 35.5. The quantitative estimate of drug-likeness (QED) is 0.237. The maximum atomic E-state index is 12.9. The number of rotatable bonds is 9. The van der Waals surface area contributed by atoms with Gasteiger partial charge in [-0.3, -0.25) is 14.2 Å². The maximum Gasteiger partial charge on any atom is 0.262 e. The molecule has 0 aliphatic heterocycles. The van der Waals surface area contributed by atoms with Gasteiger partial charge in [0.05, 0.1) is 33.2 Å². The Morgan fingerprint density at radius 3 is 2.03 bits per heavy atom. The van der Waals surface area contributed by atoms with Crippen molar-refractivity contribution in [1.82, 2.24) is 0 Å². The second-order valence-electron chi connectivity index (χ2n) is 8.40. The number of benzene rings is 4. The van der Waals surface area contributed by atoms with Gasteiger partial charge in [-0.25, -0.2) is 16.8 Å². The summed E-state index contributed by atoms with van der Waals surface area (Å²) in [6.07, 6.45) is 0. The Labute approximate surface area is 231 Å². The maximum absolute atomic E-state index is 12.9. The van der Waals surface area contributed by atoms with E-state index in [0.717, 1.165) is 5.56 Å². The second kappa shape index (κ2) is 11.4. The first-order chi connectivity index (χ1) is 18.5. The number of amides is 1. The largest absolute Gasteiger partial charge is 0.495 e. The van der Waals surface area contributed by atoms with Crippen molar-refractivity contribution in [3.8, 4) is 5.75 Å². The van der Waals surface area contributed by atoms with Crippen LogP contribution in [0, 0.1) is 6.92 Å². The molecule has 1 amide bonds. The number of anilines is 3. The van der Waals surface area contributed by atoms with Gasteiger partial charge in [-0.2, -0.15) is 0 Å². The van der Waals surface area contributed by atoms with Crippen LogP contribution >= 0.6 is 11.6 Å². The topological polar surface area (TPSA) is 131 Å². The van der Waals surface area contributed by atoms with Crippen LogP contribution in [0.25, 0.3) is 0 Å². The Morgan fingerprint density at radius 1 is 0.744 bits per heavy atom. The molecule has 0 aliphatic carbocycles. The summed E-state index contributed by atoms with van der Waals surface area (Å²) in [6, 6.07) is 22.6. The van der Waals surface area contributed by atoms with Gasteiger partial charge in [0.25, 0.3) is 26.0 Å². The number of hydrogen-bond acceptors (Lipinski definition) is 6. The molecule has 0 saturated heterocycles. The Hall–Kier alpha value is -4.06. The SMILES string of the molecule is COc1ccc(C)cc1NS(=O)(=O)c1ccc(NC(=O)c2cc(NS(=O)(=O)c3ccccc3)ccc2Cl)cc1. The molecule has 9 nitrogen and oxygen atoms in total. The van der Waals surface area contributed by atoms with E-state index in [4.69, 9.17) is 16.3 Å². The van der Waals surface area contributed by atoms with E-state index in [0.29, 0.717) is 17.1 Å². The van der Waals surface area contributed by atoms with E-state index in [9.17, 15) is 21.6 Å². The number of aryl methyl sites for hydroxylation is 1. The minimum atomic E-state index is -3.94. The molecular weight excluding hydrogens is 562 g/mol. The van der Waals surface area contributed by atoms with Gasteiger partial charge in [0.1, 0.15) is 5.75 Å². The zero-order chi connectivity index (χ0) is 28.2. The van der Waals surface area contributed by atoms with E-state index >= 15 is 0 Å². The first-order valence-electron chi connectivity index (χ1n) is 11.4. The van der Waals surface area contributed by atoms with Crippen LogP contribution in [-0.2, 0) is 20.0 Å². The van der Waals surface area contributed by atoms with Crippen molar-refractivity contribution in [3.05, 3.63) is 107 Å². The lowest BCUT2D eigenvalue weighted by molar-refractivity contribution is 0.102. The van der Waals surface area contributed by atoms with Crippen LogP contribution in [0.1, 0.15) is 15.9 Å². The molecule has 0 radical (unpaired) electrons. The third kappa shape index (κ3) is 6.69. The van der Waals surface area contributed by atoms with E-state index in [-0.39, 0.29) is 26.1 Å². The molecule has 0 aliphatic rings. The fraction of sp³-hybridized carbons (Fsp3) is 0.0741. The summed E-state index contributed by atoms with van der Waals surface area (Å²) >= 11 is 6.21. The third-order valence-electron chi connectivity index (χ3n) is 5.54. The number of hydrogen-bond donors (Lipinski definition) is 3. The first kappa shape index (κ1) is 28.0. The molecule has 0 saturated carbocycles. The molecule has 0 aromatic heterocycles. The smallest absolute Gasteiger partial charge is 0.262 e. The second-order valence-corrected chi connectivity index (χ2v) is 12.2. The van der Waals surface area contributed by atoms with Gasteiger partial charge in [-0.05, 0) is 79.2 Å². The number of carbonyl (C=O) groups excluding carboxylic acids is 1. The van der Waals surface area contributed by atoms with E-state index in [1.165, 1.54) is 61.7 Å². The lowest BCUT2D eigenvalue weighted by Gasteiger charge is -2.13. The van der Waals surface area contributed by atoms with Crippen LogP contribution in [-0.4, -0.2) is 29.9 Å². The molecule has 4 aromatic rings. The highest BCUT2D eigenvalue weighted by Gasteiger charge is 2.19. The van der Waals surface area contributed by atoms with Gasteiger partial charge < -0.3 is 10.1 Å². The molecule has 0 fully saturated rings. The number of carbonyl (C=O) groups is 1. The zero-order valence-corrected chi connectivity index (χ0v) is 23.2. The summed E-state index contributed by atoms with van der Waals surface area (Å²) in [6.45, 7) is 1.83. The standard InChI is InChI=1S/C27H24ClN3O6S2/c1-18-8-15-26(37-2)25(16-18)31-39(35,36)22-12-9-19(10-13-22)29-27(32)23-17-20(11-14-24(23)28)30-38(33,34)21-6-4-3-5-7-21/h3-17,30-31H,1-2H3,(H,29,32). The Morgan fingerprint density at radius 2 is 1.36 bits per heavy atom. The summed E-state index contributed by atoms with van der Waals surface area (Å²) in [4.78, 5) is 13.0. The van der Waals surface area contributed by atoms with E-state index in [2.05, 4.69) is 14.8 Å². The summed E-state index contributed by atoms with van der Waals surface area (Å²) in [5.74, 6) is -0.239. The van der Waals surface area contributed by atoms with Gasteiger partial charge in [-0.1, -0.05) is 35.9 Å². The van der Waals surface area contributed by atoms with Crippen molar-refractivity contribution in [3.63, 3.8) is 0 Å². The molecule has 0 spiro atoms. The highest BCUT2D eigenvalue weighted by Crippen LogP contribution is 2.29. The Kier molecular flexibility index (Phi) is 8.14. The average molecular weight is 586 g/mol. The molecule has 202 valence electrons. The highest BCUT2D eigenvalue weighted by molar-refractivity contribution is 7.93. The summed E-state index contributed by atoms with van der Waals surface area (Å²) in [5, 5.41) is 2.74. The number of nitrogens with one attached hydrogen (secondary N) is 3. The number of sulfonamides is 2. The van der Waals surface area contributed by atoms with Crippen molar-refractivity contribution >= 4 is 54.6 Å². The summed E-state index contributed by atoms with van der Waals surface area (Å²) < 4.78 is 61.3. The monoisotopic (exact) mass is 585 g/mol. The van der Waals surface area contributed by atoms with Crippen molar-refractivity contribution in [2.45, 2.75) is 16.7 Å². The van der Waals surface area contributed by atoms with Crippen LogP contribution < -0.4 is 19.5 Å². The Bertz CT molecular complexity index is 1730. The molecule has 39 heavy (non-hydrogen) atoms. The molecule has 4 rings (SSSR count). The first-order valence-corrected chi connectivity index (χ1v) is 14.8. The predicted octanol–water partition coefficient (Wildman–Crippen LogP) is 5.51. The lowest BCUT2D eigenvalue weighted by Crippen LogP contribution is -2.16. The van der Waals surface area contributed by atoms with Crippen molar-refractivity contribution in [2.75, 3.05) is 21.9 Å². The van der Waals surface area contributed by atoms with Crippen LogP contribution in [0.4, 0.5) is 17.1 Å². The third-order valence-corrected chi connectivity index (χ3v) is 8.65. The molecule has 0 bridgehead atoms. The minimum absolute atomic E-state index is 0.0230. The van der Waals surface area contributed by atoms with Gasteiger partial charge in [0, 0.05) is 11.4 Å². The fourth-order valence-electron chi connectivity index (χ4n) is 3.60. The molecular formula is C27H24ClN3O6S2. The van der Waals surface area contributed by atoms with Crippen molar-refractivity contribution in [1.29, 1.82) is 0 Å². The van der Waals surface area contributed by atoms with E-state index in [1.807, 2.05) is 6.92 Å². The van der Waals surface area contributed by atoms with Crippen LogP contribution in [0.5, 0.6) is 5.75 Å². The molecule has 0 unspecified atom stereocenters. The molecule has 4 aromatic carbocycles. The average Bonchev–Trinajstić information content (AvgIpc) is 2.90. The number of halogens is 1. The molecule has 0 atom stereocenters. The van der Waals surface area contributed by atoms with Gasteiger partial charge >= 0.3 is 0 Å². The number of methoxy groups -OCH3 is 1. The van der Waals surface area contributed by atoms with Crippen LogP contribution in [0.15, 0.2) is 101 Å². The van der Waals surface area contributed by atoms with E-state index in [1.54, 1.807) is 36.4 Å². The lowest BCUT2D eigenvalue weighted by atomic mass is 10.2. The fourth-order valence-corrected chi connectivity index (χ4v) is 5.93. The minimum Gasteiger partial charge on any atom is -0.495 e. The van der Waals surface area contributed by atoms with Gasteiger partial charge in [0.15, 0.2) is 0 Å². The molecule has 3 N–H and O–H groups in total. The normalized spacial score (nSPS) is 11.5. The summed E-state index contributed by atoms with van der Waals surface area (Å²) in [7, 11) is -6.37. The van der Waals surface area contributed by atoms with Crippen LogP contribution in [0.3, 0.4) is 0 Å².